The second-order valence-corrected chi connectivity index (χ2v) is 5.88. The van der Waals surface area contributed by atoms with Gasteiger partial charge in [-0.15, -0.1) is 11.3 Å². The Kier molecular flexibility index (Phi) is 4.57. The molecule has 0 saturated carbocycles. The van der Waals surface area contributed by atoms with Crippen molar-refractivity contribution in [2.45, 2.75) is 13.8 Å². The minimum atomic E-state index is -1.07. The van der Waals surface area contributed by atoms with Crippen LogP contribution in [0.25, 0.3) is 0 Å². The number of carboxylic acids is 1. The van der Waals surface area contributed by atoms with Gasteiger partial charge in [-0.05, 0) is 31.2 Å². The molecule has 1 aromatic heterocycles. The van der Waals surface area contributed by atoms with E-state index < -0.39 is 11.9 Å². The predicted octanol–water partition coefficient (Wildman–Crippen LogP) is 2.97. The summed E-state index contributed by atoms with van der Waals surface area (Å²) in [6.45, 7) is 3.20. The Balaban J connectivity index is 2.24. The molecule has 0 unspecified atom stereocenters. The molecule has 2 aromatic rings. The Hall–Kier alpha value is -2.67. The van der Waals surface area contributed by atoms with Gasteiger partial charge < -0.3 is 15.7 Å². The molecule has 0 bridgehead atoms. The van der Waals surface area contributed by atoms with Gasteiger partial charge >= 0.3 is 5.97 Å². The van der Waals surface area contributed by atoms with E-state index in [4.69, 9.17) is 5.11 Å². The third kappa shape index (κ3) is 3.70. The minimum absolute atomic E-state index is 0.0846. The fraction of sp³-hybridized carbons (Fsp3) is 0.133. The lowest BCUT2D eigenvalue weighted by Crippen LogP contribution is -2.15. The number of carbonyl (C=O) groups is 3. The Labute approximate surface area is 130 Å². The van der Waals surface area contributed by atoms with Gasteiger partial charge in [0.2, 0.25) is 5.91 Å². The molecule has 0 radical (unpaired) electrons. The largest absolute Gasteiger partial charge is 0.478 e. The lowest BCUT2D eigenvalue weighted by Gasteiger charge is -2.07. The van der Waals surface area contributed by atoms with Crippen molar-refractivity contribution < 1.29 is 19.5 Å². The van der Waals surface area contributed by atoms with Gasteiger partial charge in [-0.2, -0.15) is 0 Å². The lowest BCUT2D eigenvalue weighted by atomic mass is 10.2. The number of hydrogen-bond acceptors (Lipinski definition) is 4. The van der Waals surface area contributed by atoms with E-state index in [1.807, 2.05) is 6.92 Å². The van der Waals surface area contributed by atoms with Gasteiger partial charge in [-0.3, -0.25) is 9.59 Å². The van der Waals surface area contributed by atoms with E-state index in [1.54, 1.807) is 18.2 Å². The van der Waals surface area contributed by atoms with Crippen molar-refractivity contribution in [3.05, 3.63) is 46.3 Å². The first-order valence-electron chi connectivity index (χ1n) is 6.39. The van der Waals surface area contributed by atoms with E-state index in [9.17, 15) is 14.4 Å². The molecule has 2 amide bonds. The number of amides is 2. The normalized spacial score (nSPS) is 10.1. The molecule has 2 rings (SSSR count). The Morgan fingerprint density at radius 2 is 1.86 bits per heavy atom. The average Bonchev–Trinajstić information content (AvgIpc) is 2.79. The number of aromatic carboxylic acids is 1. The fourth-order valence-corrected chi connectivity index (χ4v) is 2.82. The van der Waals surface area contributed by atoms with Gasteiger partial charge in [0.1, 0.15) is 5.00 Å². The molecule has 0 aliphatic rings. The smallest absolute Gasteiger partial charge is 0.335 e. The van der Waals surface area contributed by atoms with Gasteiger partial charge in [0.25, 0.3) is 5.91 Å². The Bertz CT molecular complexity index is 752. The first-order valence-corrected chi connectivity index (χ1v) is 7.21. The highest BCUT2D eigenvalue weighted by atomic mass is 32.1. The topological polar surface area (TPSA) is 95.5 Å². The molecular formula is C15H14N2O4S. The van der Waals surface area contributed by atoms with Gasteiger partial charge in [0, 0.05) is 17.5 Å². The summed E-state index contributed by atoms with van der Waals surface area (Å²) in [5, 5.41) is 14.7. The molecule has 7 heteroatoms. The van der Waals surface area contributed by atoms with Gasteiger partial charge in [0.15, 0.2) is 0 Å². The van der Waals surface area contributed by atoms with Crippen molar-refractivity contribution in [1.29, 1.82) is 0 Å². The van der Waals surface area contributed by atoms with Crippen LogP contribution in [0.4, 0.5) is 10.7 Å². The van der Waals surface area contributed by atoms with E-state index in [1.165, 1.54) is 30.4 Å². The van der Waals surface area contributed by atoms with Crippen molar-refractivity contribution in [3.8, 4) is 0 Å². The molecule has 0 fully saturated rings. The van der Waals surface area contributed by atoms with Crippen LogP contribution in [0, 0.1) is 6.92 Å². The number of rotatable bonds is 4. The van der Waals surface area contributed by atoms with Crippen molar-refractivity contribution in [1.82, 2.24) is 0 Å². The SMILES string of the molecule is CC(=O)Nc1sc(C)cc1C(=O)Nc1cccc(C(=O)O)c1. The maximum atomic E-state index is 12.3. The maximum Gasteiger partial charge on any atom is 0.335 e. The van der Waals surface area contributed by atoms with Crippen LogP contribution < -0.4 is 10.6 Å². The summed E-state index contributed by atoms with van der Waals surface area (Å²) < 4.78 is 0. The van der Waals surface area contributed by atoms with E-state index in [0.717, 1.165) is 4.88 Å². The van der Waals surface area contributed by atoms with E-state index in [0.29, 0.717) is 16.3 Å². The number of aryl methyl sites for hydroxylation is 1. The van der Waals surface area contributed by atoms with Gasteiger partial charge in [-0.1, -0.05) is 6.07 Å². The summed E-state index contributed by atoms with van der Waals surface area (Å²) in [5.41, 5.74) is 0.808. The molecule has 0 aliphatic heterocycles. The van der Waals surface area contributed by atoms with Gasteiger partial charge in [-0.25, -0.2) is 4.79 Å². The number of benzene rings is 1. The summed E-state index contributed by atoms with van der Waals surface area (Å²) >= 11 is 1.30. The fourth-order valence-electron chi connectivity index (χ4n) is 1.86. The van der Waals surface area contributed by atoms with Crippen molar-refractivity contribution in [3.63, 3.8) is 0 Å². The van der Waals surface area contributed by atoms with Crippen LogP contribution in [0.1, 0.15) is 32.5 Å². The number of carboxylic acid groups (broad SMARTS) is 1. The van der Waals surface area contributed by atoms with Crippen LogP contribution in [-0.2, 0) is 4.79 Å². The summed E-state index contributed by atoms with van der Waals surface area (Å²) in [7, 11) is 0. The minimum Gasteiger partial charge on any atom is -0.478 e. The van der Waals surface area contributed by atoms with Crippen molar-refractivity contribution >= 4 is 39.8 Å². The predicted molar refractivity (Wildman–Crippen MR) is 84.7 cm³/mol. The molecule has 6 nitrogen and oxygen atoms in total. The number of nitrogens with one attached hydrogen (secondary N) is 2. The zero-order valence-electron chi connectivity index (χ0n) is 12.0. The maximum absolute atomic E-state index is 12.3. The highest BCUT2D eigenvalue weighted by Crippen LogP contribution is 2.28. The van der Waals surface area contributed by atoms with Crippen LogP contribution in [0.2, 0.25) is 0 Å². The van der Waals surface area contributed by atoms with Gasteiger partial charge in [0.05, 0.1) is 11.1 Å². The first-order chi connectivity index (χ1) is 10.4. The molecule has 3 N–H and O–H groups in total. The molecule has 1 heterocycles. The Morgan fingerprint density at radius 3 is 2.50 bits per heavy atom. The third-order valence-corrected chi connectivity index (χ3v) is 3.72. The van der Waals surface area contributed by atoms with Crippen LogP contribution in [0.5, 0.6) is 0 Å². The number of anilines is 2. The van der Waals surface area contributed by atoms with Crippen molar-refractivity contribution in [2.75, 3.05) is 10.6 Å². The molecule has 0 atom stereocenters. The van der Waals surface area contributed by atoms with E-state index in [-0.39, 0.29) is 11.5 Å². The Morgan fingerprint density at radius 1 is 1.14 bits per heavy atom. The van der Waals surface area contributed by atoms with Crippen molar-refractivity contribution in [2.24, 2.45) is 0 Å². The van der Waals surface area contributed by atoms with E-state index >= 15 is 0 Å². The quantitative estimate of drug-likeness (QED) is 0.807. The number of hydrogen-bond donors (Lipinski definition) is 3. The molecule has 0 saturated heterocycles. The van der Waals surface area contributed by atoms with Crippen LogP contribution >= 0.6 is 11.3 Å². The zero-order chi connectivity index (χ0) is 16.3. The van der Waals surface area contributed by atoms with E-state index in [2.05, 4.69) is 10.6 Å². The molecule has 0 spiro atoms. The molecular weight excluding hydrogens is 304 g/mol. The second kappa shape index (κ2) is 6.40. The van der Waals surface area contributed by atoms with Crippen LogP contribution in [0.3, 0.4) is 0 Å². The third-order valence-electron chi connectivity index (χ3n) is 2.76. The zero-order valence-corrected chi connectivity index (χ0v) is 12.8. The summed E-state index contributed by atoms with van der Waals surface area (Å²) in [4.78, 5) is 35.3. The number of carbonyl (C=O) groups excluding carboxylic acids is 2. The van der Waals surface area contributed by atoms with Crippen LogP contribution in [-0.4, -0.2) is 22.9 Å². The number of thiophene rings is 1. The summed E-state index contributed by atoms with van der Waals surface area (Å²) in [6, 6.07) is 7.63. The monoisotopic (exact) mass is 318 g/mol. The highest BCUT2D eigenvalue weighted by molar-refractivity contribution is 7.16. The highest BCUT2D eigenvalue weighted by Gasteiger charge is 2.16. The molecule has 1 aromatic carbocycles. The first kappa shape index (κ1) is 15.7. The molecule has 22 heavy (non-hydrogen) atoms. The summed E-state index contributed by atoms with van der Waals surface area (Å²) in [6.07, 6.45) is 0. The second-order valence-electron chi connectivity index (χ2n) is 4.62. The standard InChI is InChI=1S/C15H14N2O4S/c1-8-6-12(14(22-8)16-9(2)18)13(19)17-11-5-3-4-10(7-11)15(20)21/h3-7H,1-2H3,(H,16,18)(H,17,19)(H,20,21). The lowest BCUT2D eigenvalue weighted by molar-refractivity contribution is -0.114. The average molecular weight is 318 g/mol. The van der Waals surface area contributed by atoms with Crippen LogP contribution in [0.15, 0.2) is 30.3 Å². The summed E-state index contributed by atoms with van der Waals surface area (Å²) in [5.74, 6) is -1.74. The molecule has 0 aliphatic carbocycles. The molecule has 114 valence electrons.